The van der Waals surface area contributed by atoms with Crippen LogP contribution < -0.4 is 16.0 Å². The van der Waals surface area contributed by atoms with Gasteiger partial charge in [-0.2, -0.15) is 18.2 Å². The molecule has 3 aromatic rings. The number of amides is 2. The summed E-state index contributed by atoms with van der Waals surface area (Å²) < 4.78 is 51.7. The molecule has 12 heteroatoms. The van der Waals surface area contributed by atoms with Crippen LogP contribution in [-0.2, 0) is 12.6 Å². The number of nitrogens with zero attached hydrogens (tertiary/aromatic N) is 3. The van der Waals surface area contributed by atoms with E-state index in [1.165, 1.54) is 0 Å². The van der Waals surface area contributed by atoms with Crippen LogP contribution in [0.4, 0.5) is 39.8 Å². The van der Waals surface area contributed by atoms with Gasteiger partial charge in [0.2, 0.25) is 5.95 Å². The minimum atomic E-state index is -4.88. The molecule has 0 aliphatic carbocycles. The van der Waals surface area contributed by atoms with E-state index in [1.54, 1.807) is 25.5 Å². The third-order valence-electron chi connectivity index (χ3n) is 3.86. The van der Waals surface area contributed by atoms with E-state index in [-0.39, 0.29) is 11.6 Å². The molecule has 0 spiro atoms. The Morgan fingerprint density at radius 1 is 1.17 bits per heavy atom. The smallest absolute Gasteiger partial charge is 0.370 e. The maximum atomic E-state index is 13.3. The van der Waals surface area contributed by atoms with Crippen molar-refractivity contribution < 1.29 is 22.4 Å². The van der Waals surface area contributed by atoms with Gasteiger partial charge in [-0.3, -0.25) is 5.32 Å². The van der Waals surface area contributed by atoms with Gasteiger partial charge in [0.05, 0.1) is 11.9 Å². The summed E-state index contributed by atoms with van der Waals surface area (Å²) in [4.78, 5) is 27.2. The Kier molecular flexibility index (Phi) is 6.14. The number of anilines is 3. The average molecular weight is 423 g/mol. The number of rotatable bonds is 6. The van der Waals surface area contributed by atoms with Crippen LogP contribution >= 0.6 is 0 Å². The van der Waals surface area contributed by atoms with Crippen molar-refractivity contribution in [1.29, 1.82) is 0 Å². The van der Waals surface area contributed by atoms with Crippen molar-refractivity contribution in [3.63, 3.8) is 0 Å². The number of carbonyl (C=O) groups excluding carboxylic acids is 1. The largest absolute Gasteiger partial charge is 0.419 e. The number of aromatic amines is 1. The van der Waals surface area contributed by atoms with E-state index in [1.807, 2.05) is 0 Å². The van der Waals surface area contributed by atoms with Crippen molar-refractivity contribution in [2.45, 2.75) is 19.5 Å². The molecule has 4 N–H and O–H groups in total. The first-order chi connectivity index (χ1) is 14.2. The molecule has 0 aliphatic heterocycles. The first kappa shape index (κ1) is 21.0. The van der Waals surface area contributed by atoms with Crippen LogP contribution in [0.15, 0.2) is 36.8 Å². The van der Waals surface area contributed by atoms with Gasteiger partial charge >= 0.3 is 12.2 Å². The Labute approximate surface area is 168 Å². The van der Waals surface area contributed by atoms with E-state index in [2.05, 4.69) is 35.9 Å². The standard InChI is InChI=1S/C18H17F4N7O/c1-10-6-15(24-5-4-12-8-23-9-25-12)28-16(26-10)29-17(30)27-11-2-3-14(19)13(7-11)18(20,21)22/h2-3,6-9H,4-5H2,1H3,(H,23,25)(H3,24,26,27,28,29,30). The van der Waals surface area contributed by atoms with E-state index in [0.717, 1.165) is 11.8 Å². The van der Waals surface area contributed by atoms with Crippen LogP contribution in [0, 0.1) is 12.7 Å². The van der Waals surface area contributed by atoms with Gasteiger partial charge in [0.25, 0.3) is 0 Å². The summed E-state index contributed by atoms with van der Waals surface area (Å²) in [5.74, 6) is -1.02. The second-order valence-electron chi connectivity index (χ2n) is 6.24. The summed E-state index contributed by atoms with van der Waals surface area (Å²) in [6, 6.07) is 2.95. The summed E-state index contributed by atoms with van der Waals surface area (Å²) in [6.07, 6.45) is -0.944. The zero-order valence-corrected chi connectivity index (χ0v) is 15.6. The quantitative estimate of drug-likeness (QED) is 0.449. The molecule has 30 heavy (non-hydrogen) atoms. The van der Waals surface area contributed by atoms with E-state index in [0.29, 0.717) is 36.6 Å². The molecular weight excluding hydrogens is 406 g/mol. The number of H-pyrrole nitrogens is 1. The number of aromatic nitrogens is 4. The van der Waals surface area contributed by atoms with Gasteiger partial charge in [-0.05, 0) is 25.1 Å². The number of urea groups is 1. The molecule has 0 radical (unpaired) electrons. The fourth-order valence-electron chi connectivity index (χ4n) is 2.55. The number of halogens is 4. The zero-order chi connectivity index (χ0) is 21.7. The van der Waals surface area contributed by atoms with Crippen LogP contribution in [0.5, 0.6) is 0 Å². The third-order valence-corrected chi connectivity index (χ3v) is 3.86. The second-order valence-corrected chi connectivity index (χ2v) is 6.24. The minimum absolute atomic E-state index is 0.0466. The van der Waals surface area contributed by atoms with Crippen LogP contribution in [0.1, 0.15) is 17.0 Å². The van der Waals surface area contributed by atoms with Gasteiger partial charge in [-0.1, -0.05) is 0 Å². The molecule has 0 saturated heterocycles. The molecule has 0 atom stereocenters. The number of alkyl halides is 3. The number of hydrogen-bond donors (Lipinski definition) is 4. The van der Waals surface area contributed by atoms with Crippen molar-refractivity contribution in [3.05, 3.63) is 59.6 Å². The Hall–Kier alpha value is -3.70. The maximum absolute atomic E-state index is 13.3. The van der Waals surface area contributed by atoms with Gasteiger partial charge in [-0.25, -0.2) is 19.2 Å². The number of aryl methyl sites for hydroxylation is 1. The van der Waals surface area contributed by atoms with E-state index >= 15 is 0 Å². The summed E-state index contributed by atoms with van der Waals surface area (Å²) in [5, 5.41) is 7.63. The molecular formula is C18H17F4N7O. The summed E-state index contributed by atoms with van der Waals surface area (Å²) in [6.45, 7) is 2.24. The normalized spacial score (nSPS) is 11.2. The Balaban J connectivity index is 1.63. The molecule has 2 aromatic heterocycles. The molecule has 2 heterocycles. The van der Waals surface area contributed by atoms with Gasteiger partial charge < -0.3 is 15.6 Å². The molecule has 3 rings (SSSR count). The highest BCUT2D eigenvalue weighted by atomic mass is 19.4. The Bertz CT molecular complexity index is 1020. The first-order valence-corrected chi connectivity index (χ1v) is 8.72. The predicted octanol–water partition coefficient (Wildman–Crippen LogP) is 3.96. The second kappa shape index (κ2) is 8.76. The third kappa shape index (κ3) is 5.65. The topological polar surface area (TPSA) is 108 Å². The summed E-state index contributed by atoms with van der Waals surface area (Å²) in [7, 11) is 0. The van der Waals surface area contributed by atoms with Gasteiger partial charge in [-0.15, -0.1) is 0 Å². The molecule has 0 fully saturated rings. The number of carbonyl (C=O) groups is 1. The average Bonchev–Trinajstić information content (AvgIpc) is 3.15. The highest BCUT2D eigenvalue weighted by molar-refractivity contribution is 5.98. The lowest BCUT2D eigenvalue weighted by atomic mass is 10.2. The van der Waals surface area contributed by atoms with Gasteiger partial charge in [0, 0.05) is 42.3 Å². The Morgan fingerprint density at radius 3 is 2.67 bits per heavy atom. The fourth-order valence-corrected chi connectivity index (χ4v) is 2.55. The first-order valence-electron chi connectivity index (χ1n) is 8.72. The Morgan fingerprint density at radius 2 is 1.97 bits per heavy atom. The summed E-state index contributed by atoms with van der Waals surface area (Å²) >= 11 is 0. The SMILES string of the molecule is Cc1cc(NCCc2cnc[nH]2)nc(NC(=O)Nc2ccc(F)c(C(F)(F)F)c2)n1. The zero-order valence-electron chi connectivity index (χ0n) is 15.6. The molecule has 8 nitrogen and oxygen atoms in total. The van der Waals surface area contributed by atoms with Crippen molar-refractivity contribution in [3.8, 4) is 0 Å². The molecule has 2 amide bonds. The van der Waals surface area contributed by atoms with Crippen LogP contribution in [-0.4, -0.2) is 32.5 Å². The fraction of sp³-hybridized carbons (Fsp3) is 0.222. The van der Waals surface area contributed by atoms with Crippen molar-refractivity contribution in [2.75, 3.05) is 22.5 Å². The van der Waals surface area contributed by atoms with Crippen molar-refractivity contribution in [1.82, 2.24) is 19.9 Å². The molecule has 1 aromatic carbocycles. The van der Waals surface area contributed by atoms with Gasteiger partial charge in [0.1, 0.15) is 11.6 Å². The summed E-state index contributed by atoms with van der Waals surface area (Å²) in [5.41, 5.74) is -0.211. The minimum Gasteiger partial charge on any atom is -0.370 e. The van der Waals surface area contributed by atoms with E-state index < -0.39 is 23.6 Å². The lowest BCUT2D eigenvalue weighted by Crippen LogP contribution is -2.22. The number of hydrogen-bond acceptors (Lipinski definition) is 5. The number of benzene rings is 1. The van der Waals surface area contributed by atoms with E-state index in [4.69, 9.17) is 0 Å². The molecule has 0 saturated carbocycles. The molecule has 0 aliphatic rings. The monoisotopic (exact) mass is 423 g/mol. The highest BCUT2D eigenvalue weighted by Gasteiger charge is 2.34. The number of imidazole rings is 1. The van der Waals surface area contributed by atoms with Crippen LogP contribution in [0.3, 0.4) is 0 Å². The lowest BCUT2D eigenvalue weighted by Gasteiger charge is -2.12. The predicted molar refractivity (Wildman–Crippen MR) is 102 cm³/mol. The molecule has 0 unspecified atom stereocenters. The van der Waals surface area contributed by atoms with Crippen molar-refractivity contribution in [2.24, 2.45) is 0 Å². The molecule has 158 valence electrons. The highest BCUT2D eigenvalue weighted by Crippen LogP contribution is 2.33. The van der Waals surface area contributed by atoms with Crippen molar-refractivity contribution >= 4 is 23.5 Å². The van der Waals surface area contributed by atoms with E-state index in [9.17, 15) is 22.4 Å². The maximum Gasteiger partial charge on any atom is 0.419 e. The number of nitrogens with one attached hydrogen (secondary N) is 4. The van der Waals surface area contributed by atoms with Crippen LogP contribution in [0.25, 0.3) is 0 Å². The molecule has 0 bridgehead atoms. The lowest BCUT2D eigenvalue weighted by molar-refractivity contribution is -0.139. The van der Waals surface area contributed by atoms with Gasteiger partial charge in [0.15, 0.2) is 0 Å². The van der Waals surface area contributed by atoms with Crippen LogP contribution in [0.2, 0.25) is 0 Å².